The smallest absolute Gasteiger partial charge is 0.243 e. The summed E-state index contributed by atoms with van der Waals surface area (Å²) in [6, 6.07) is 10.2. The van der Waals surface area contributed by atoms with Crippen molar-refractivity contribution in [3.8, 4) is 5.75 Å². The van der Waals surface area contributed by atoms with Crippen LogP contribution in [0.4, 0.5) is 14.5 Å². The molecule has 0 radical (unpaired) electrons. The van der Waals surface area contributed by atoms with Crippen molar-refractivity contribution in [1.82, 2.24) is 4.31 Å². The molecule has 0 aliphatic carbocycles. The maximum absolute atomic E-state index is 13.3. The van der Waals surface area contributed by atoms with Crippen LogP contribution in [-0.2, 0) is 10.0 Å². The van der Waals surface area contributed by atoms with Gasteiger partial charge >= 0.3 is 0 Å². The number of hydrogen-bond acceptors (Lipinski definition) is 4. The molecule has 134 valence electrons. The van der Waals surface area contributed by atoms with E-state index in [1.54, 1.807) is 7.11 Å². The van der Waals surface area contributed by atoms with E-state index in [4.69, 9.17) is 4.74 Å². The molecule has 3 rings (SSSR count). The van der Waals surface area contributed by atoms with Gasteiger partial charge in [0.15, 0.2) is 11.6 Å². The summed E-state index contributed by atoms with van der Waals surface area (Å²) in [5, 5.41) is 0. The van der Waals surface area contributed by atoms with Crippen LogP contribution in [-0.4, -0.2) is 46.0 Å². The molecule has 2 aromatic carbocycles. The first-order valence-corrected chi connectivity index (χ1v) is 9.20. The number of piperazine rings is 1. The highest BCUT2D eigenvalue weighted by Gasteiger charge is 2.29. The first-order chi connectivity index (χ1) is 11.9. The lowest BCUT2D eigenvalue weighted by Gasteiger charge is -2.35. The Kier molecular flexibility index (Phi) is 4.91. The molecule has 0 aromatic heterocycles. The zero-order valence-electron chi connectivity index (χ0n) is 13.7. The van der Waals surface area contributed by atoms with E-state index in [2.05, 4.69) is 4.90 Å². The van der Waals surface area contributed by atoms with Crippen LogP contribution in [0.25, 0.3) is 0 Å². The predicted molar refractivity (Wildman–Crippen MR) is 90.3 cm³/mol. The molecule has 1 aliphatic rings. The molecule has 0 bridgehead atoms. The van der Waals surface area contributed by atoms with Crippen LogP contribution in [0, 0.1) is 11.6 Å². The van der Waals surface area contributed by atoms with Gasteiger partial charge < -0.3 is 9.64 Å². The molecule has 2 aromatic rings. The van der Waals surface area contributed by atoms with Crippen LogP contribution in [0.5, 0.6) is 5.75 Å². The highest BCUT2D eigenvalue weighted by Crippen LogP contribution is 2.23. The summed E-state index contributed by atoms with van der Waals surface area (Å²) in [6.07, 6.45) is 0. The molecule has 0 N–H and O–H groups in total. The summed E-state index contributed by atoms with van der Waals surface area (Å²) in [5.74, 6) is -1.48. The lowest BCUT2D eigenvalue weighted by atomic mass is 10.2. The van der Waals surface area contributed by atoms with E-state index in [-0.39, 0.29) is 18.0 Å². The second-order valence-corrected chi connectivity index (χ2v) is 7.60. The van der Waals surface area contributed by atoms with Crippen molar-refractivity contribution in [3.63, 3.8) is 0 Å². The number of halogens is 2. The Morgan fingerprint density at radius 3 is 2.12 bits per heavy atom. The minimum atomic E-state index is -3.84. The number of methoxy groups -OCH3 is 1. The van der Waals surface area contributed by atoms with Crippen molar-refractivity contribution < 1.29 is 21.9 Å². The Bertz CT molecular complexity index is 849. The van der Waals surface area contributed by atoms with E-state index >= 15 is 0 Å². The Labute approximate surface area is 145 Å². The van der Waals surface area contributed by atoms with E-state index in [1.165, 1.54) is 4.31 Å². The van der Waals surface area contributed by atoms with Gasteiger partial charge in [0.1, 0.15) is 5.75 Å². The van der Waals surface area contributed by atoms with Gasteiger partial charge in [-0.25, -0.2) is 17.2 Å². The molecular formula is C17H18F2N2O3S. The van der Waals surface area contributed by atoms with Crippen LogP contribution >= 0.6 is 0 Å². The summed E-state index contributed by atoms with van der Waals surface area (Å²) in [7, 11) is -2.24. The number of hydrogen-bond donors (Lipinski definition) is 0. The van der Waals surface area contributed by atoms with Gasteiger partial charge in [0.05, 0.1) is 12.0 Å². The topological polar surface area (TPSA) is 49.9 Å². The van der Waals surface area contributed by atoms with Crippen molar-refractivity contribution in [1.29, 1.82) is 0 Å². The molecule has 0 amide bonds. The molecular weight excluding hydrogens is 350 g/mol. The zero-order valence-corrected chi connectivity index (χ0v) is 14.5. The Morgan fingerprint density at radius 1 is 0.920 bits per heavy atom. The van der Waals surface area contributed by atoms with Crippen LogP contribution < -0.4 is 9.64 Å². The maximum Gasteiger partial charge on any atom is 0.243 e. The van der Waals surface area contributed by atoms with E-state index in [9.17, 15) is 17.2 Å². The van der Waals surface area contributed by atoms with Gasteiger partial charge in [-0.05, 0) is 42.5 Å². The summed E-state index contributed by atoms with van der Waals surface area (Å²) in [6.45, 7) is 1.56. The van der Waals surface area contributed by atoms with Crippen molar-refractivity contribution >= 4 is 15.7 Å². The molecule has 0 unspecified atom stereocenters. The average molecular weight is 368 g/mol. The lowest BCUT2D eigenvalue weighted by Crippen LogP contribution is -2.48. The third kappa shape index (κ3) is 3.59. The molecule has 5 nitrogen and oxygen atoms in total. The molecule has 0 saturated carbocycles. The SMILES string of the molecule is COc1ccc(N2CCN(S(=O)(=O)c3ccc(F)c(F)c3)CC2)cc1. The second-order valence-electron chi connectivity index (χ2n) is 5.67. The second kappa shape index (κ2) is 6.97. The maximum atomic E-state index is 13.3. The van der Waals surface area contributed by atoms with E-state index in [0.717, 1.165) is 29.6 Å². The quantitative estimate of drug-likeness (QED) is 0.832. The molecule has 1 heterocycles. The standard InChI is InChI=1S/C17H18F2N2O3S/c1-24-14-4-2-13(3-5-14)20-8-10-21(11-9-20)25(22,23)15-6-7-16(18)17(19)12-15/h2-7,12H,8-11H2,1H3. The van der Waals surface area contributed by atoms with Crippen LogP contribution in [0.2, 0.25) is 0 Å². The molecule has 8 heteroatoms. The number of nitrogens with zero attached hydrogens (tertiary/aromatic N) is 2. The molecule has 1 saturated heterocycles. The normalized spacial score (nSPS) is 16.0. The van der Waals surface area contributed by atoms with Crippen LogP contribution in [0.15, 0.2) is 47.4 Å². The van der Waals surface area contributed by atoms with Crippen molar-refractivity contribution in [3.05, 3.63) is 54.1 Å². The fraction of sp³-hybridized carbons (Fsp3) is 0.294. The summed E-state index contributed by atoms with van der Waals surface area (Å²) in [5.41, 5.74) is 0.977. The van der Waals surface area contributed by atoms with Gasteiger partial charge in [-0.1, -0.05) is 0 Å². The Morgan fingerprint density at radius 2 is 1.56 bits per heavy atom. The van der Waals surface area contributed by atoms with Crippen molar-refractivity contribution in [2.75, 3.05) is 38.2 Å². The molecule has 1 fully saturated rings. The van der Waals surface area contributed by atoms with Gasteiger partial charge in [-0.2, -0.15) is 4.31 Å². The highest BCUT2D eigenvalue weighted by molar-refractivity contribution is 7.89. The third-order valence-corrected chi connectivity index (χ3v) is 6.10. The predicted octanol–water partition coefficient (Wildman–Crippen LogP) is 2.48. The average Bonchev–Trinajstić information content (AvgIpc) is 2.64. The highest BCUT2D eigenvalue weighted by atomic mass is 32.2. The molecule has 0 spiro atoms. The van der Waals surface area contributed by atoms with Gasteiger partial charge in [-0.3, -0.25) is 0 Å². The Hall–Kier alpha value is -2.19. The van der Waals surface area contributed by atoms with Crippen molar-refractivity contribution in [2.24, 2.45) is 0 Å². The van der Waals surface area contributed by atoms with E-state index < -0.39 is 21.7 Å². The Balaban J connectivity index is 1.71. The number of anilines is 1. The number of sulfonamides is 1. The zero-order chi connectivity index (χ0) is 18.0. The van der Waals surface area contributed by atoms with Gasteiger partial charge in [-0.15, -0.1) is 0 Å². The minimum absolute atomic E-state index is 0.232. The van der Waals surface area contributed by atoms with E-state index in [1.807, 2.05) is 24.3 Å². The largest absolute Gasteiger partial charge is 0.497 e. The first kappa shape index (κ1) is 17.6. The van der Waals surface area contributed by atoms with E-state index in [0.29, 0.717) is 13.1 Å². The van der Waals surface area contributed by atoms with Crippen LogP contribution in [0.1, 0.15) is 0 Å². The fourth-order valence-electron chi connectivity index (χ4n) is 2.77. The van der Waals surface area contributed by atoms with Gasteiger partial charge in [0, 0.05) is 31.9 Å². The number of rotatable bonds is 4. The van der Waals surface area contributed by atoms with Gasteiger partial charge in [0.2, 0.25) is 10.0 Å². The molecule has 25 heavy (non-hydrogen) atoms. The summed E-state index contributed by atoms with van der Waals surface area (Å²) < 4.78 is 57.9. The van der Waals surface area contributed by atoms with Crippen molar-refractivity contribution in [2.45, 2.75) is 4.90 Å². The molecule has 1 aliphatic heterocycles. The summed E-state index contributed by atoms with van der Waals surface area (Å²) in [4.78, 5) is 1.83. The molecule has 0 atom stereocenters. The first-order valence-electron chi connectivity index (χ1n) is 7.76. The lowest BCUT2D eigenvalue weighted by molar-refractivity contribution is 0.384. The van der Waals surface area contributed by atoms with Gasteiger partial charge in [0.25, 0.3) is 0 Å². The number of benzene rings is 2. The van der Waals surface area contributed by atoms with Crippen LogP contribution in [0.3, 0.4) is 0 Å². The fourth-order valence-corrected chi connectivity index (χ4v) is 4.20. The summed E-state index contributed by atoms with van der Waals surface area (Å²) >= 11 is 0. The minimum Gasteiger partial charge on any atom is -0.497 e. The third-order valence-electron chi connectivity index (χ3n) is 4.21. The number of ether oxygens (including phenoxy) is 1. The monoisotopic (exact) mass is 368 g/mol.